The van der Waals surface area contributed by atoms with E-state index in [1.165, 1.54) is 0 Å². The van der Waals surface area contributed by atoms with Gasteiger partial charge in [-0.25, -0.2) is 0 Å². The molecule has 4 atom stereocenters. The number of nitrogens with zero attached hydrogens (tertiary/aromatic N) is 1. The lowest BCUT2D eigenvalue weighted by atomic mass is 9.86. The van der Waals surface area contributed by atoms with E-state index in [9.17, 15) is 20.4 Å². The van der Waals surface area contributed by atoms with Gasteiger partial charge in [-0.15, -0.1) is 0 Å². The van der Waals surface area contributed by atoms with E-state index in [-0.39, 0.29) is 5.69 Å². The third kappa shape index (κ3) is 1.98. The molecule has 1 aliphatic rings. The molecule has 1 aromatic heterocycles. The Morgan fingerprint density at radius 2 is 1.71 bits per heavy atom. The van der Waals surface area contributed by atoms with Crippen LogP contribution in [0.3, 0.4) is 0 Å². The fourth-order valence-electron chi connectivity index (χ4n) is 1.97. The summed E-state index contributed by atoms with van der Waals surface area (Å²) in [5.74, 6) is 0. The molecule has 0 fully saturated rings. The highest BCUT2D eigenvalue weighted by molar-refractivity contribution is 5.46. The zero-order chi connectivity index (χ0) is 12.6. The van der Waals surface area contributed by atoms with Crippen molar-refractivity contribution in [2.24, 2.45) is 0 Å². The number of rotatable bonds is 1. The van der Waals surface area contributed by atoms with E-state index < -0.39 is 24.4 Å². The molecule has 0 bridgehead atoms. The van der Waals surface area contributed by atoms with Crippen LogP contribution in [0.1, 0.15) is 36.1 Å². The summed E-state index contributed by atoms with van der Waals surface area (Å²) in [4.78, 5) is 4.15. The third-order valence-electron chi connectivity index (χ3n) is 2.91. The van der Waals surface area contributed by atoms with Gasteiger partial charge in [0.05, 0.1) is 11.4 Å². The predicted octanol–water partition coefficient (Wildman–Crippen LogP) is -0.0831. The molecule has 4 unspecified atom stereocenters. The van der Waals surface area contributed by atoms with Crippen molar-refractivity contribution in [1.29, 1.82) is 0 Å². The van der Waals surface area contributed by atoms with E-state index in [2.05, 4.69) is 4.98 Å². The van der Waals surface area contributed by atoms with Crippen LogP contribution >= 0.6 is 0 Å². The molecule has 0 aliphatic heterocycles. The number of aliphatic hydroxyl groups is 4. The summed E-state index contributed by atoms with van der Waals surface area (Å²) in [7, 11) is 0. The summed E-state index contributed by atoms with van der Waals surface area (Å²) < 4.78 is 0. The molecule has 0 radical (unpaired) electrons. The molecule has 5 heteroatoms. The van der Waals surface area contributed by atoms with E-state index >= 15 is 0 Å². The number of aliphatic hydroxyl groups excluding tert-OH is 4. The average molecular weight is 237 g/mol. The zero-order valence-electron chi connectivity index (χ0n) is 9.35. The first-order chi connectivity index (χ1) is 8.06. The summed E-state index contributed by atoms with van der Waals surface area (Å²) in [6, 6.07) is 3.28. The second-order valence-electron chi connectivity index (χ2n) is 4.08. The Bertz CT molecular complexity index is 446. The number of pyridine rings is 1. The second-order valence-corrected chi connectivity index (χ2v) is 4.08. The van der Waals surface area contributed by atoms with Gasteiger partial charge < -0.3 is 20.4 Å². The molecule has 1 aliphatic carbocycles. The molecular formula is C12H15NO4. The van der Waals surface area contributed by atoms with Crippen LogP contribution in [0.25, 0.3) is 6.08 Å². The van der Waals surface area contributed by atoms with E-state index in [1.54, 1.807) is 24.3 Å². The van der Waals surface area contributed by atoms with E-state index in [1.807, 2.05) is 6.92 Å². The monoisotopic (exact) mass is 237 g/mol. The number of hydrogen-bond acceptors (Lipinski definition) is 5. The van der Waals surface area contributed by atoms with Crippen LogP contribution in [-0.2, 0) is 0 Å². The van der Waals surface area contributed by atoms with Gasteiger partial charge in [0.25, 0.3) is 0 Å². The van der Waals surface area contributed by atoms with Gasteiger partial charge >= 0.3 is 0 Å². The summed E-state index contributed by atoms with van der Waals surface area (Å²) in [6.45, 7) is 1.84. The van der Waals surface area contributed by atoms with Gasteiger partial charge in [-0.3, -0.25) is 4.98 Å². The molecule has 0 amide bonds. The average Bonchev–Trinajstić information content (AvgIpc) is 2.34. The maximum atomic E-state index is 9.80. The van der Waals surface area contributed by atoms with Crippen molar-refractivity contribution >= 4 is 6.08 Å². The minimum Gasteiger partial charge on any atom is -0.387 e. The van der Waals surface area contributed by atoms with Crippen molar-refractivity contribution in [1.82, 2.24) is 4.98 Å². The first kappa shape index (κ1) is 12.2. The second kappa shape index (κ2) is 4.54. The number of hydrogen-bond donors (Lipinski definition) is 4. The van der Waals surface area contributed by atoms with Crippen molar-refractivity contribution in [3.05, 3.63) is 35.2 Å². The van der Waals surface area contributed by atoms with Crippen LogP contribution < -0.4 is 0 Å². The number of aromatic nitrogens is 1. The Kier molecular flexibility index (Phi) is 3.26. The van der Waals surface area contributed by atoms with Gasteiger partial charge in [0.15, 0.2) is 0 Å². The fourth-order valence-corrected chi connectivity index (χ4v) is 1.97. The van der Waals surface area contributed by atoms with Crippen LogP contribution in [0, 0.1) is 0 Å². The Morgan fingerprint density at radius 3 is 2.35 bits per heavy atom. The largest absolute Gasteiger partial charge is 0.387 e. The molecule has 5 nitrogen and oxygen atoms in total. The molecule has 2 rings (SSSR count). The molecule has 0 spiro atoms. The normalized spacial score (nSPS) is 32.8. The first-order valence-corrected chi connectivity index (χ1v) is 5.42. The minimum atomic E-state index is -1.43. The van der Waals surface area contributed by atoms with E-state index in [4.69, 9.17) is 0 Å². The molecule has 1 aromatic rings. The highest BCUT2D eigenvalue weighted by Gasteiger charge is 2.40. The first-order valence-electron chi connectivity index (χ1n) is 5.42. The lowest BCUT2D eigenvalue weighted by molar-refractivity contribution is -0.122. The Balaban J connectivity index is 2.50. The highest BCUT2D eigenvalue weighted by atomic mass is 16.4. The summed E-state index contributed by atoms with van der Waals surface area (Å²) in [5.41, 5.74) is 1.19. The minimum absolute atomic E-state index is 0.214. The smallest absolute Gasteiger partial charge is 0.125 e. The highest BCUT2D eigenvalue weighted by Crippen LogP contribution is 2.35. The van der Waals surface area contributed by atoms with Crippen molar-refractivity contribution in [2.45, 2.75) is 31.3 Å². The molecule has 92 valence electrons. The summed E-state index contributed by atoms with van der Waals surface area (Å²) >= 11 is 0. The van der Waals surface area contributed by atoms with Gasteiger partial charge in [-0.05, 0) is 19.1 Å². The molecule has 1 heterocycles. The third-order valence-corrected chi connectivity index (χ3v) is 2.91. The van der Waals surface area contributed by atoms with Gasteiger partial charge in [-0.1, -0.05) is 12.1 Å². The maximum absolute atomic E-state index is 9.80. The van der Waals surface area contributed by atoms with Crippen molar-refractivity contribution in [3.63, 3.8) is 0 Å². The quantitative estimate of drug-likeness (QED) is 0.548. The summed E-state index contributed by atoms with van der Waals surface area (Å²) in [6.07, 6.45) is -1.79. The van der Waals surface area contributed by atoms with Gasteiger partial charge in [0.1, 0.15) is 24.4 Å². The van der Waals surface area contributed by atoms with E-state index in [0.717, 1.165) is 0 Å². The lowest BCUT2D eigenvalue weighted by Gasteiger charge is -2.33. The van der Waals surface area contributed by atoms with Gasteiger partial charge in [0.2, 0.25) is 0 Å². The molecular weight excluding hydrogens is 222 g/mol. The lowest BCUT2D eigenvalue weighted by Crippen LogP contribution is -2.42. The number of fused-ring (bicyclic) bond motifs is 1. The molecule has 0 saturated heterocycles. The Hall–Kier alpha value is -1.27. The SMILES string of the molecule is C/C=C/c1ccc2c(n1)C(O)C(O)C(O)C2O. The fraction of sp³-hybridized carbons (Fsp3) is 0.417. The zero-order valence-corrected chi connectivity index (χ0v) is 9.35. The van der Waals surface area contributed by atoms with Crippen molar-refractivity contribution < 1.29 is 20.4 Å². The van der Waals surface area contributed by atoms with Crippen LogP contribution in [-0.4, -0.2) is 37.6 Å². The molecule has 0 aromatic carbocycles. The van der Waals surface area contributed by atoms with E-state index in [0.29, 0.717) is 11.3 Å². The predicted molar refractivity (Wildman–Crippen MR) is 60.9 cm³/mol. The van der Waals surface area contributed by atoms with Crippen LogP contribution in [0.2, 0.25) is 0 Å². The van der Waals surface area contributed by atoms with Gasteiger partial charge in [0, 0.05) is 5.56 Å². The Morgan fingerprint density at radius 1 is 1.06 bits per heavy atom. The molecule has 4 N–H and O–H groups in total. The molecule has 0 saturated carbocycles. The van der Waals surface area contributed by atoms with Crippen molar-refractivity contribution in [2.75, 3.05) is 0 Å². The maximum Gasteiger partial charge on any atom is 0.125 e. The number of allylic oxidation sites excluding steroid dienone is 1. The molecule has 17 heavy (non-hydrogen) atoms. The standard InChI is InChI=1S/C12H15NO4/c1-2-3-6-4-5-7-8(13-6)10(15)12(17)11(16)9(7)14/h2-5,9-12,14-17H,1H3/b3-2+. The topological polar surface area (TPSA) is 93.8 Å². The Labute approximate surface area is 98.7 Å². The van der Waals surface area contributed by atoms with Crippen LogP contribution in [0.4, 0.5) is 0 Å². The van der Waals surface area contributed by atoms with Crippen LogP contribution in [0.15, 0.2) is 18.2 Å². The summed E-state index contributed by atoms with van der Waals surface area (Å²) in [5, 5.41) is 38.7. The van der Waals surface area contributed by atoms with Gasteiger partial charge in [-0.2, -0.15) is 0 Å². The van der Waals surface area contributed by atoms with Crippen LogP contribution in [0.5, 0.6) is 0 Å². The van der Waals surface area contributed by atoms with Crippen molar-refractivity contribution in [3.8, 4) is 0 Å².